The van der Waals surface area contributed by atoms with Crippen LogP contribution in [0.4, 0.5) is 0 Å². The van der Waals surface area contributed by atoms with Crippen LogP contribution in [0.25, 0.3) is 0 Å². The van der Waals surface area contributed by atoms with Crippen molar-refractivity contribution in [1.29, 1.82) is 0 Å². The number of ketones is 2. The Morgan fingerprint density at radius 3 is 1.19 bits per heavy atom. The van der Waals surface area contributed by atoms with E-state index in [-0.39, 0.29) is 22.4 Å². The zero-order valence-electron chi connectivity index (χ0n) is 9.44. The zero-order valence-corrected chi connectivity index (χ0v) is 9.44. The van der Waals surface area contributed by atoms with Gasteiger partial charge in [-0.3, -0.25) is 9.59 Å². The summed E-state index contributed by atoms with van der Waals surface area (Å²) in [4.78, 5) is 22.3. The molecule has 0 aromatic rings. The first-order chi connectivity index (χ1) is 7.45. The van der Waals surface area contributed by atoms with Gasteiger partial charge < -0.3 is 0 Å². The molecule has 2 nitrogen and oxygen atoms in total. The average Bonchev–Trinajstić information content (AvgIpc) is 2.27. The van der Waals surface area contributed by atoms with E-state index < -0.39 is 0 Å². The Labute approximate surface area is 95.0 Å². The number of hydrogen-bond donors (Lipinski definition) is 0. The molecule has 0 atom stereocenters. The number of allylic oxidation sites excluding steroid dienone is 8. The first kappa shape index (κ1) is 10.8. The Kier molecular flexibility index (Phi) is 2.30. The summed E-state index contributed by atoms with van der Waals surface area (Å²) in [6, 6.07) is 0. The monoisotopic (exact) mass is 214 g/mol. The van der Waals surface area contributed by atoms with E-state index in [0.717, 1.165) is 0 Å². The normalized spacial score (nSPS) is 25.1. The van der Waals surface area contributed by atoms with E-state index in [9.17, 15) is 9.59 Å². The maximum Gasteiger partial charge on any atom is 0.178 e. The molecular formula is C14H14O2. The molecule has 0 radical (unpaired) electrons. The number of hydrogen-bond acceptors (Lipinski definition) is 2. The van der Waals surface area contributed by atoms with Crippen molar-refractivity contribution in [3.8, 4) is 0 Å². The summed E-state index contributed by atoms with van der Waals surface area (Å²) in [6.07, 6.45) is 14.0. The maximum absolute atomic E-state index is 11.1. The summed E-state index contributed by atoms with van der Waals surface area (Å²) in [5.41, 5.74) is -0.511. The molecule has 0 spiro atoms. The van der Waals surface area contributed by atoms with Crippen LogP contribution in [0.15, 0.2) is 48.6 Å². The van der Waals surface area contributed by atoms with Gasteiger partial charge in [0.1, 0.15) is 0 Å². The van der Waals surface area contributed by atoms with Crippen molar-refractivity contribution in [3.05, 3.63) is 48.6 Å². The summed E-state index contributed by atoms with van der Waals surface area (Å²) in [7, 11) is 0. The lowest BCUT2D eigenvalue weighted by molar-refractivity contribution is -0.111. The molecule has 0 amide bonds. The third-order valence-corrected chi connectivity index (χ3v) is 3.54. The number of carbonyl (C=O) groups excluding carboxylic acids is 2. The third kappa shape index (κ3) is 1.60. The Balaban J connectivity index is 2.38. The minimum Gasteiger partial charge on any atom is -0.290 e. The van der Waals surface area contributed by atoms with E-state index in [1.165, 1.54) is 0 Å². The first-order valence-electron chi connectivity index (χ1n) is 5.30. The van der Waals surface area contributed by atoms with Crippen LogP contribution in [0.5, 0.6) is 0 Å². The van der Waals surface area contributed by atoms with E-state index in [2.05, 4.69) is 13.8 Å². The molecule has 82 valence electrons. The molecule has 2 aliphatic rings. The zero-order chi connectivity index (χ0) is 11.8. The molecule has 0 aromatic heterocycles. The molecule has 0 aromatic carbocycles. The van der Waals surface area contributed by atoms with Gasteiger partial charge in [0.15, 0.2) is 11.6 Å². The molecule has 0 unspecified atom stereocenters. The van der Waals surface area contributed by atoms with Crippen LogP contribution in [0.3, 0.4) is 0 Å². The lowest BCUT2D eigenvalue weighted by Gasteiger charge is -2.40. The van der Waals surface area contributed by atoms with Gasteiger partial charge in [0.05, 0.1) is 0 Å². The van der Waals surface area contributed by atoms with Crippen molar-refractivity contribution in [2.45, 2.75) is 13.8 Å². The van der Waals surface area contributed by atoms with Gasteiger partial charge in [0.25, 0.3) is 0 Å². The highest BCUT2D eigenvalue weighted by Gasteiger charge is 2.39. The van der Waals surface area contributed by atoms with E-state index >= 15 is 0 Å². The average molecular weight is 214 g/mol. The van der Waals surface area contributed by atoms with Gasteiger partial charge in [-0.2, -0.15) is 0 Å². The van der Waals surface area contributed by atoms with Crippen molar-refractivity contribution in [2.75, 3.05) is 0 Å². The second-order valence-electron chi connectivity index (χ2n) is 4.70. The minimum absolute atomic E-state index is 0.0147. The predicted octanol–water partition coefficient (Wildman–Crippen LogP) is 2.39. The Hall–Kier alpha value is -1.70. The van der Waals surface area contributed by atoms with Gasteiger partial charge in [-0.05, 0) is 24.3 Å². The molecule has 0 bridgehead atoms. The highest BCUT2D eigenvalue weighted by molar-refractivity contribution is 6.01. The van der Waals surface area contributed by atoms with E-state index in [1.807, 2.05) is 24.3 Å². The molecule has 16 heavy (non-hydrogen) atoms. The van der Waals surface area contributed by atoms with E-state index in [0.29, 0.717) is 0 Å². The Bertz CT molecular complexity index is 385. The molecule has 2 aliphatic carbocycles. The largest absolute Gasteiger partial charge is 0.290 e. The fourth-order valence-electron chi connectivity index (χ4n) is 1.96. The smallest absolute Gasteiger partial charge is 0.178 e. The van der Waals surface area contributed by atoms with Gasteiger partial charge in [-0.25, -0.2) is 0 Å². The van der Waals surface area contributed by atoms with Crippen LogP contribution in [-0.4, -0.2) is 11.6 Å². The highest BCUT2D eigenvalue weighted by Crippen LogP contribution is 2.46. The van der Waals surface area contributed by atoms with Gasteiger partial charge in [0.2, 0.25) is 0 Å². The van der Waals surface area contributed by atoms with Crippen LogP contribution in [-0.2, 0) is 9.59 Å². The van der Waals surface area contributed by atoms with E-state index in [4.69, 9.17) is 0 Å². The predicted molar refractivity (Wildman–Crippen MR) is 62.8 cm³/mol. The van der Waals surface area contributed by atoms with Crippen LogP contribution < -0.4 is 0 Å². The molecule has 0 aliphatic heterocycles. The summed E-state index contributed by atoms with van der Waals surface area (Å²) >= 11 is 0. The van der Waals surface area contributed by atoms with Crippen molar-refractivity contribution >= 4 is 11.6 Å². The Morgan fingerprint density at radius 1 is 0.688 bits per heavy atom. The summed E-state index contributed by atoms with van der Waals surface area (Å²) in [5, 5.41) is 0. The second kappa shape index (κ2) is 3.41. The topological polar surface area (TPSA) is 34.1 Å². The van der Waals surface area contributed by atoms with Gasteiger partial charge >= 0.3 is 0 Å². The fraction of sp³-hybridized carbons (Fsp3) is 0.286. The molecule has 0 N–H and O–H groups in total. The quantitative estimate of drug-likeness (QED) is 0.671. The summed E-state index contributed by atoms with van der Waals surface area (Å²) in [6.45, 7) is 4.10. The second-order valence-corrected chi connectivity index (χ2v) is 4.70. The fourth-order valence-corrected chi connectivity index (χ4v) is 1.96. The number of carbonyl (C=O) groups is 2. The lowest BCUT2D eigenvalue weighted by Crippen LogP contribution is -2.34. The molecule has 2 heteroatoms. The molecule has 0 saturated heterocycles. The third-order valence-electron chi connectivity index (χ3n) is 3.54. The molecule has 2 rings (SSSR count). The number of rotatable bonds is 1. The van der Waals surface area contributed by atoms with Crippen molar-refractivity contribution in [1.82, 2.24) is 0 Å². The molecular weight excluding hydrogens is 200 g/mol. The highest BCUT2D eigenvalue weighted by atomic mass is 16.1. The summed E-state index contributed by atoms with van der Waals surface area (Å²) < 4.78 is 0. The minimum atomic E-state index is -0.255. The van der Waals surface area contributed by atoms with Gasteiger partial charge in [-0.1, -0.05) is 38.2 Å². The first-order valence-corrected chi connectivity index (χ1v) is 5.30. The van der Waals surface area contributed by atoms with Crippen molar-refractivity contribution < 1.29 is 9.59 Å². The molecule has 0 fully saturated rings. The van der Waals surface area contributed by atoms with Crippen molar-refractivity contribution in [3.63, 3.8) is 0 Å². The van der Waals surface area contributed by atoms with Crippen LogP contribution in [0.1, 0.15) is 13.8 Å². The maximum atomic E-state index is 11.1. The van der Waals surface area contributed by atoms with Crippen molar-refractivity contribution in [2.24, 2.45) is 10.8 Å². The van der Waals surface area contributed by atoms with Gasteiger partial charge in [0, 0.05) is 10.8 Å². The lowest BCUT2D eigenvalue weighted by atomic mass is 9.62. The molecule has 0 saturated carbocycles. The van der Waals surface area contributed by atoms with Gasteiger partial charge in [-0.15, -0.1) is 0 Å². The molecule has 0 heterocycles. The van der Waals surface area contributed by atoms with Crippen LogP contribution in [0.2, 0.25) is 0 Å². The summed E-state index contributed by atoms with van der Waals surface area (Å²) in [5.74, 6) is 0.0295. The van der Waals surface area contributed by atoms with E-state index in [1.54, 1.807) is 24.3 Å². The Morgan fingerprint density at radius 2 is 0.938 bits per heavy atom. The van der Waals surface area contributed by atoms with Crippen LogP contribution in [0, 0.1) is 10.8 Å². The SMILES string of the molecule is CC1(C2(C)C=CC(=O)C=C2)C=CC(=O)C=C1. The van der Waals surface area contributed by atoms with Crippen LogP contribution >= 0.6 is 0 Å². The standard InChI is InChI=1S/C14H14O2/c1-13(7-3-11(15)4-8-13)14(2)9-5-12(16)6-10-14/h3-10H,1-2H3.